The van der Waals surface area contributed by atoms with Gasteiger partial charge in [0.15, 0.2) is 0 Å². The first-order chi connectivity index (χ1) is 10.2. The van der Waals surface area contributed by atoms with E-state index in [1.54, 1.807) is 29.5 Å². The van der Waals surface area contributed by atoms with Crippen molar-refractivity contribution in [3.63, 3.8) is 0 Å². The summed E-state index contributed by atoms with van der Waals surface area (Å²) in [4.78, 5) is 13.3. The van der Waals surface area contributed by atoms with Crippen LogP contribution in [-0.4, -0.2) is 35.4 Å². The van der Waals surface area contributed by atoms with Crippen LogP contribution in [0.5, 0.6) is 0 Å². The molecule has 0 aliphatic carbocycles. The first-order valence-electron chi connectivity index (χ1n) is 6.63. The lowest BCUT2D eigenvalue weighted by molar-refractivity contribution is 0.0951. The second-order valence-electron chi connectivity index (χ2n) is 4.52. The zero-order valence-corrected chi connectivity index (χ0v) is 12.3. The van der Waals surface area contributed by atoms with Gasteiger partial charge in [0.2, 0.25) is 0 Å². The van der Waals surface area contributed by atoms with Gasteiger partial charge in [-0.15, -0.1) is 11.3 Å². The van der Waals surface area contributed by atoms with Crippen molar-refractivity contribution in [1.82, 2.24) is 5.32 Å². The molecule has 1 amide bonds. The second-order valence-corrected chi connectivity index (χ2v) is 5.56. The lowest BCUT2D eigenvalue weighted by Crippen LogP contribution is -2.26. The van der Waals surface area contributed by atoms with Crippen LogP contribution >= 0.6 is 11.3 Å². The minimum Gasteiger partial charge on any atom is -0.394 e. The molecule has 6 heteroatoms. The molecule has 2 rings (SSSR count). The molecule has 21 heavy (non-hydrogen) atoms. The number of carbonyl (C=O) groups is 1. The summed E-state index contributed by atoms with van der Waals surface area (Å²) in [6, 6.07) is 11.0. The summed E-state index contributed by atoms with van der Waals surface area (Å²) in [7, 11) is 0. The smallest absolute Gasteiger partial charge is 0.253 e. The third-order valence-corrected chi connectivity index (χ3v) is 3.79. The molecular weight excluding hydrogens is 288 g/mol. The molecule has 4 N–H and O–H groups in total. The third-order valence-electron chi connectivity index (χ3n) is 2.91. The van der Waals surface area contributed by atoms with Crippen molar-refractivity contribution in [2.75, 3.05) is 18.5 Å². The average Bonchev–Trinajstić information content (AvgIpc) is 3.04. The molecule has 0 bridgehead atoms. The van der Waals surface area contributed by atoms with Gasteiger partial charge in [0.1, 0.15) is 0 Å². The SMILES string of the molecule is O=C(NCc1cccs1)c1ccccc1NCC(O)CO. The zero-order chi connectivity index (χ0) is 15.1. The number of aliphatic hydroxyl groups excluding tert-OH is 2. The van der Waals surface area contributed by atoms with Crippen LogP contribution in [0.3, 0.4) is 0 Å². The first kappa shape index (κ1) is 15.5. The van der Waals surface area contributed by atoms with E-state index < -0.39 is 6.10 Å². The molecule has 0 fully saturated rings. The number of aliphatic hydroxyl groups is 2. The van der Waals surface area contributed by atoms with Gasteiger partial charge in [0, 0.05) is 17.1 Å². The lowest BCUT2D eigenvalue weighted by atomic mass is 10.1. The highest BCUT2D eigenvalue weighted by Crippen LogP contribution is 2.15. The summed E-state index contributed by atoms with van der Waals surface area (Å²) >= 11 is 1.59. The maximum Gasteiger partial charge on any atom is 0.253 e. The summed E-state index contributed by atoms with van der Waals surface area (Å²) < 4.78 is 0. The lowest BCUT2D eigenvalue weighted by Gasteiger charge is -2.14. The monoisotopic (exact) mass is 306 g/mol. The molecule has 2 aromatic rings. The summed E-state index contributed by atoms with van der Waals surface area (Å²) in [6.45, 7) is 0.357. The average molecular weight is 306 g/mol. The molecule has 112 valence electrons. The molecule has 0 saturated heterocycles. The first-order valence-corrected chi connectivity index (χ1v) is 7.51. The molecule has 0 saturated carbocycles. The molecule has 5 nitrogen and oxygen atoms in total. The van der Waals surface area contributed by atoms with Gasteiger partial charge in [-0.3, -0.25) is 4.79 Å². The predicted octanol–water partition coefficient (Wildman–Crippen LogP) is 1.44. The highest BCUT2D eigenvalue weighted by Gasteiger charge is 2.11. The number of benzene rings is 1. The molecular formula is C15H18N2O3S. The molecule has 0 spiro atoms. The number of anilines is 1. The Balaban J connectivity index is 1.99. The van der Waals surface area contributed by atoms with E-state index in [9.17, 15) is 9.90 Å². The van der Waals surface area contributed by atoms with Gasteiger partial charge < -0.3 is 20.8 Å². The Morgan fingerprint density at radius 1 is 1.24 bits per heavy atom. The maximum absolute atomic E-state index is 12.2. The number of thiophene rings is 1. The fraction of sp³-hybridized carbons (Fsp3) is 0.267. The van der Waals surface area contributed by atoms with Gasteiger partial charge in [0.05, 0.1) is 24.8 Å². The summed E-state index contributed by atoms with van der Waals surface area (Å²) in [5.41, 5.74) is 1.15. The van der Waals surface area contributed by atoms with Crippen LogP contribution in [0.1, 0.15) is 15.2 Å². The van der Waals surface area contributed by atoms with E-state index >= 15 is 0 Å². The molecule has 1 aromatic carbocycles. The van der Waals surface area contributed by atoms with Crippen molar-refractivity contribution < 1.29 is 15.0 Å². The van der Waals surface area contributed by atoms with Crippen LogP contribution in [0, 0.1) is 0 Å². The fourth-order valence-electron chi connectivity index (χ4n) is 1.80. The van der Waals surface area contributed by atoms with Crippen molar-refractivity contribution in [2.24, 2.45) is 0 Å². The Hall–Kier alpha value is -1.89. The van der Waals surface area contributed by atoms with Gasteiger partial charge in [-0.2, -0.15) is 0 Å². The molecule has 0 radical (unpaired) electrons. The van der Waals surface area contributed by atoms with Gasteiger partial charge >= 0.3 is 0 Å². The van der Waals surface area contributed by atoms with Crippen LogP contribution in [0.2, 0.25) is 0 Å². The van der Waals surface area contributed by atoms with Gasteiger partial charge in [-0.25, -0.2) is 0 Å². The van der Waals surface area contributed by atoms with Crippen molar-refractivity contribution in [3.8, 4) is 0 Å². The van der Waals surface area contributed by atoms with Crippen LogP contribution in [0.4, 0.5) is 5.69 Å². The van der Waals surface area contributed by atoms with Gasteiger partial charge in [-0.05, 0) is 23.6 Å². The number of rotatable bonds is 7. The Labute approximate surface area is 127 Å². The van der Waals surface area contributed by atoms with E-state index in [2.05, 4.69) is 10.6 Å². The number of para-hydroxylation sites is 1. The van der Waals surface area contributed by atoms with Gasteiger partial charge in [-0.1, -0.05) is 18.2 Å². The number of hydrogen-bond acceptors (Lipinski definition) is 5. The van der Waals surface area contributed by atoms with Crippen LogP contribution in [0.15, 0.2) is 41.8 Å². The van der Waals surface area contributed by atoms with E-state index in [0.29, 0.717) is 17.8 Å². The van der Waals surface area contributed by atoms with Crippen LogP contribution < -0.4 is 10.6 Å². The normalized spacial score (nSPS) is 11.9. The number of nitrogens with one attached hydrogen (secondary N) is 2. The molecule has 0 aliphatic heterocycles. The number of carbonyl (C=O) groups excluding carboxylic acids is 1. The van der Waals surface area contributed by atoms with Crippen molar-refractivity contribution in [1.29, 1.82) is 0 Å². The summed E-state index contributed by atoms with van der Waals surface area (Å²) in [5, 5.41) is 26.0. The maximum atomic E-state index is 12.2. The number of hydrogen-bond donors (Lipinski definition) is 4. The second kappa shape index (κ2) is 7.78. The highest BCUT2D eigenvalue weighted by molar-refractivity contribution is 7.09. The predicted molar refractivity (Wildman–Crippen MR) is 83.5 cm³/mol. The van der Waals surface area contributed by atoms with Crippen molar-refractivity contribution >= 4 is 22.9 Å². The Morgan fingerprint density at radius 3 is 2.76 bits per heavy atom. The minimum absolute atomic E-state index is 0.176. The molecule has 1 heterocycles. The molecule has 1 aromatic heterocycles. The largest absolute Gasteiger partial charge is 0.394 e. The topological polar surface area (TPSA) is 81.6 Å². The van der Waals surface area contributed by atoms with E-state index in [0.717, 1.165) is 4.88 Å². The van der Waals surface area contributed by atoms with E-state index in [-0.39, 0.29) is 19.1 Å². The van der Waals surface area contributed by atoms with Crippen molar-refractivity contribution in [3.05, 3.63) is 52.2 Å². The van der Waals surface area contributed by atoms with Crippen molar-refractivity contribution in [2.45, 2.75) is 12.6 Å². The minimum atomic E-state index is -0.854. The number of amides is 1. The van der Waals surface area contributed by atoms with E-state index in [1.807, 2.05) is 23.6 Å². The quantitative estimate of drug-likeness (QED) is 0.624. The zero-order valence-electron chi connectivity index (χ0n) is 11.5. The Morgan fingerprint density at radius 2 is 2.05 bits per heavy atom. The van der Waals surface area contributed by atoms with E-state index in [1.165, 1.54) is 0 Å². The standard InChI is InChI=1S/C15H18N2O3S/c18-10-11(19)8-16-14-6-2-1-5-13(14)15(20)17-9-12-4-3-7-21-12/h1-7,11,16,18-19H,8-10H2,(H,17,20). The Kier molecular flexibility index (Phi) is 5.74. The van der Waals surface area contributed by atoms with Gasteiger partial charge in [0.25, 0.3) is 5.91 Å². The molecule has 0 aliphatic rings. The summed E-state index contributed by atoms with van der Waals surface area (Å²) in [5.74, 6) is -0.176. The van der Waals surface area contributed by atoms with Crippen LogP contribution in [-0.2, 0) is 6.54 Å². The third kappa shape index (κ3) is 4.56. The highest BCUT2D eigenvalue weighted by atomic mass is 32.1. The molecule has 1 atom stereocenters. The fourth-order valence-corrected chi connectivity index (χ4v) is 2.45. The van der Waals surface area contributed by atoms with E-state index in [4.69, 9.17) is 5.11 Å². The Bertz CT molecular complexity index is 572. The summed E-state index contributed by atoms with van der Waals surface area (Å²) in [6.07, 6.45) is -0.854. The van der Waals surface area contributed by atoms with Crippen LogP contribution in [0.25, 0.3) is 0 Å². The molecule has 1 unspecified atom stereocenters.